The average molecular weight is 422 g/mol. The maximum atomic E-state index is 11.7. The number of hydrogen-bond donors (Lipinski definition) is 0. The van der Waals surface area contributed by atoms with E-state index in [1.165, 1.54) is 4.90 Å². The Bertz CT molecular complexity index is 951. The van der Waals surface area contributed by atoms with Crippen molar-refractivity contribution in [3.8, 4) is 5.75 Å². The fourth-order valence-electron chi connectivity index (χ4n) is 1.88. The molecule has 0 bridgehead atoms. The second kappa shape index (κ2) is 8.77. The molecule has 0 saturated carbocycles. The standard InChI is InChI=1S/C16H17O2S.CHF3O3S/c1-11(2)16(17)18-14-9-10-15(19(3)4)13-8-6-5-7-12(13)14;2-1(3,4)8(5,6)7/h5-10H,1H2,2-4H3;(H,5,6,7)/q+1;/p-1. The van der Waals surface area contributed by atoms with Crippen molar-refractivity contribution in [3.63, 3.8) is 0 Å². The van der Waals surface area contributed by atoms with Crippen molar-refractivity contribution in [3.05, 3.63) is 48.6 Å². The SMILES string of the molecule is C=C(C)C(=O)Oc1ccc([S+](C)C)c2ccccc12.O=S(=O)([O-])C(F)(F)F. The Morgan fingerprint density at radius 2 is 1.59 bits per heavy atom. The molecule has 0 amide bonds. The summed E-state index contributed by atoms with van der Waals surface area (Å²) in [6.07, 6.45) is 4.36. The molecule has 2 aromatic carbocycles. The average Bonchev–Trinajstić information content (AvgIpc) is 2.53. The van der Waals surface area contributed by atoms with Crippen molar-refractivity contribution >= 4 is 37.8 Å². The van der Waals surface area contributed by atoms with E-state index >= 15 is 0 Å². The third-order valence-electron chi connectivity index (χ3n) is 3.12. The van der Waals surface area contributed by atoms with Crippen molar-refractivity contribution < 1.29 is 35.7 Å². The molecule has 148 valence electrons. The Morgan fingerprint density at radius 3 is 2.00 bits per heavy atom. The number of carbonyl (C=O) groups excluding carboxylic acids is 1. The topological polar surface area (TPSA) is 83.5 Å². The maximum absolute atomic E-state index is 11.7. The largest absolute Gasteiger partial charge is 0.741 e. The van der Waals surface area contributed by atoms with Gasteiger partial charge in [0.2, 0.25) is 0 Å². The van der Waals surface area contributed by atoms with Gasteiger partial charge in [0.15, 0.2) is 15.0 Å². The van der Waals surface area contributed by atoms with Gasteiger partial charge in [-0.25, -0.2) is 13.2 Å². The van der Waals surface area contributed by atoms with E-state index in [0.29, 0.717) is 11.3 Å². The number of halogens is 3. The highest BCUT2D eigenvalue weighted by molar-refractivity contribution is 7.95. The number of hydrogen-bond acceptors (Lipinski definition) is 5. The molecule has 0 aromatic heterocycles. The van der Waals surface area contributed by atoms with Gasteiger partial charge in [-0.3, -0.25) is 0 Å². The smallest absolute Gasteiger partial charge is 0.485 e. The molecule has 0 aliphatic heterocycles. The van der Waals surface area contributed by atoms with Crippen LogP contribution in [0.3, 0.4) is 0 Å². The van der Waals surface area contributed by atoms with Gasteiger partial charge < -0.3 is 9.29 Å². The molecule has 0 unspecified atom stereocenters. The van der Waals surface area contributed by atoms with Gasteiger partial charge in [0.25, 0.3) is 0 Å². The maximum Gasteiger partial charge on any atom is 0.485 e. The molecule has 2 rings (SSSR count). The fourth-order valence-corrected chi connectivity index (χ4v) is 2.83. The molecular weight excluding hydrogens is 405 g/mol. The predicted molar refractivity (Wildman–Crippen MR) is 97.6 cm³/mol. The highest BCUT2D eigenvalue weighted by atomic mass is 32.2. The number of esters is 1. The van der Waals surface area contributed by atoms with Crippen molar-refractivity contribution in [2.24, 2.45) is 0 Å². The van der Waals surface area contributed by atoms with Crippen LogP contribution in [0.2, 0.25) is 0 Å². The lowest BCUT2D eigenvalue weighted by Gasteiger charge is -2.09. The third-order valence-corrected chi connectivity index (χ3v) is 4.92. The van der Waals surface area contributed by atoms with Crippen LogP contribution in [-0.2, 0) is 25.8 Å². The molecule has 0 heterocycles. The summed E-state index contributed by atoms with van der Waals surface area (Å²) in [7, 11) is -5.93. The first-order valence-corrected chi connectivity index (χ1v) is 10.7. The van der Waals surface area contributed by atoms with Crippen LogP contribution in [0.4, 0.5) is 13.2 Å². The second-order valence-electron chi connectivity index (χ2n) is 5.49. The van der Waals surface area contributed by atoms with Crippen LogP contribution in [-0.4, -0.2) is 37.0 Å². The number of alkyl halides is 3. The Labute approximate surface area is 157 Å². The molecule has 0 atom stereocenters. The summed E-state index contributed by atoms with van der Waals surface area (Å²) in [4.78, 5) is 12.9. The van der Waals surface area contributed by atoms with Gasteiger partial charge in [0.1, 0.15) is 18.3 Å². The summed E-state index contributed by atoms with van der Waals surface area (Å²) < 4.78 is 64.3. The van der Waals surface area contributed by atoms with Gasteiger partial charge in [0, 0.05) is 27.2 Å². The molecule has 0 radical (unpaired) electrons. The summed E-state index contributed by atoms with van der Waals surface area (Å²) in [5, 5.41) is 2.11. The van der Waals surface area contributed by atoms with E-state index in [4.69, 9.17) is 17.7 Å². The molecule has 10 heteroatoms. The van der Waals surface area contributed by atoms with Crippen LogP contribution in [0.1, 0.15) is 6.92 Å². The normalized spacial score (nSPS) is 11.7. The zero-order chi connectivity index (χ0) is 21.0. The third kappa shape index (κ3) is 6.26. The number of rotatable bonds is 3. The molecule has 0 saturated heterocycles. The zero-order valence-corrected chi connectivity index (χ0v) is 16.3. The van der Waals surface area contributed by atoms with E-state index in [1.807, 2.05) is 30.3 Å². The monoisotopic (exact) mass is 422 g/mol. The summed E-state index contributed by atoms with van der Waals surface area (Å²) in [5.74, 6) is 0.211. The predicted octanol–water partition coefficient (Wildman–Crippen LogP) is 3.61. The summed E-state index contributed by atoms with van der Waals surface area (Å²) >= 11 is 0. The summed E-state index contributed by atoms with van der Waals surface area (Å²) in [6.45, 7) is 5.25. The number of carbonyl (C=O) groups is 1. The van der Waals surface area contributed by atoms with E-state index in [2.05, 4.69) is 25.2 Å². The van der Waals surface area contributed by atoms with Gasteiger partial charge in [-0.2, -0.15) is 13.2 Å². The van der Waals surface area contributed by atoms with Gasteiger partial charge in [-0.1, -0.05) is 24.8 Å². The zero-order valence-electron chi connectivity index (χ0n) is 14.7. The molecule has 5 nitrogen and oxygen atoms in total. The van der Waals surface area contributed by atoms with E-state index in [1.54, 1.807) is 6.92 Å². The van der Waals surface area contributed by atoms with Crippen LogP contribution in [0.25, 0.3) is 10.8 Å². The van der Waals surface area contributed by atoms with Crippen LogP contribution in [0.15, 0.2) is 53.4 Å². The van der Waals surface area contributed by atoms with Crippen LogP contribution >= 0.6 is 0 Å². The highest BCUT2D eigenvalue weighted by Crippen LogP contribution is 2.31. The number of ether oxygens (including phenoxy) is 1. The first-order valence-electron chi connectivity index (χ1n) is 7.25. The van der Waals surface area contributed by atoms with Crippen molar-refractivity contribution in [2.75, 3.05) is 12.5 Å². The quantitative estimate of drug-likeness (QED) is 0.188. The lowest BCUT2D eigenvalue weighted by Crippen LogP contribution is -2.21. The van der Waals surface area contributed by atoms with E-state index in [0.717, 1.165) is 10.8 Å². The summed E-state index contributed by atoms with van der Waals surface area (Å²) in [5.41, 5.74) is -5.24. The van der Waals surface area contributed by atoms with E-state index < -0.39 is 15.6 Å². The van der Waals surface area contributed by atoms with E-state index in [9.17, 15) is 18.0 Å². The van der Waals surface area contributed by atoms with Crippen LogP contribution in [0.5, 0.6) is 5.75 Å². The van der Waals surface area contributed by atoms with Gasteiger partial charge >= 0.3 is 11.5 Å². The molecule has 0 fully saturated rings. The van der Waals surface area contributed by atoms with Gasteiger partial charge in [-0.05, 0) is 25.1 Å². The highest BCUT2D eigenvalue weighted by Gasteiger charge is 2.36. The van der Waals surface area contributed by atoms with Crippen LogP contribution in [0, 0.1) is 0 Å². The fraction of sp³-hybridized carbons (Fsp3) is 0.235. The number of fused-ring (bicyclic) bond motifs is 1. The molecule has 0 spiro atoms. The lowest BCUT2D eigenvalue weighted by atomic mass is 10.1. The second-order valence-corrected chi connectivity index (χ2v) is 8.94. The minimum Gasteiger partial charge on any atom is -0.741 e. The lowest BCUT2D eigenvalue weighted by molar-refractivity contribution is -0.129. The molecular formula is C17H17F3O5S2. The molecule has 0 aliphatic carbocycles. The minimum absolute atomic E-state index is 0.159. The molecule has 0 N–H and O–H groups in total. The Hall–Kier alpha value is -2.04. The summed E-state index contributed by atoms with van der Waals surface area (Å²) in [6, 6.07) is 11.9. The molecule has 0 aliphatic rings. The van der Waals surface area contributed by atoms with Crippen molar-refractivity contribution in [1.29, 1.82) is 0 Å². The van der Waals surface area contributed by atoms with Crippen molar-refractivity contribution in [2.45, 2.75) is 17.3 Å². The number of benzene rings is 2. The Morgan fingerprint density at radius 1 is 1.11 bits per heavy atom. The van der Waals surface area contributed by atoms with Crippen molar-refractivity contribution in [1.82, 2.24) is 0 Å². The van der Waals surface area contributed by atoms with Gasteiger partial charge in [0.05, 0.1) is 0 Å². The Balaban J connectivity index is 0.000000387. The first kappa shape index (κ1) is 23.0. The van der Waals surface area contributed by atoms with E-state index in [-0.39, 0.29) is 16.9 Å². The molecule has 27 heavy (non-hydrogen) atoms. The Kier molecular flexibility index (Phi) is 7.47. The van der Waals surface area contributed by atoms with Gasteiger partial charge in [-0.15, -0.1) is 0 Å². The molecule has 2 aromatic rings. The van der Waals surface area contributed by atoms with Crippen LogP contribution < -0.4 is 4.74 Å². The first-order chi connectivity index (χ1) is 12.3. The minimum atomic E-state index is -6.09.